The van der Waals surface area contributed by atoms with E-state index in [1.165, 1.54) is 14.2 Å². The summed E-state index contributed by atoms with van der Waals surface area (Å²) < 4.78 is 11.9. The highest BCUT2D eigenvalue weighted by Crippen LogP contribution is 2.32. The zero-order chi connectivity index (χ0) is 22.0. The molecule has 1 amide bonds. The minimum absolute atomic E-state index is 0.181. The molecule has 1 aliphatic heterocycles. The van der Waals surface area contributed by atoms with Gasteiger partial charge in [-0.1, -0.05) is 36.4 Å². The maximum absolute atomic E-state index is 13.3. The Labute approximate surface area is 179 Å². The molecule has 0 bridgehead atoms. The Kier molecular flexibility index (Phi) is 5.62. The molecule has 1 aliphatic rings. The number of methoxy groups -OCH3 is 2. The average Bonchev–Trinajstić information content (AvgIpc) is 3.30. The number of aromatic nitrogens is 2. The lowest BCUT2D eigenvalue weighted by molar-refractivity contribution is 0.0784. The Bertz CT molecular complexity index is 1140. The molecule has 0 aliphatic carbocycles. The molecule has 2 heterocycles. The molecule has 31 heavy (non-hydrogen) atoms. The van der Waals surface area contributed by atoms with Gasteiger partial charge in [0.15, 0.2) is 5.56 Å². The van der Waals surface area contributed by atoms with Crippen molar-refractivity contribution in [2.24, 2.45) is 0 Å². The third kappa shape index (κ3) is 3.72. The van der Waals surface area contributed by atoms with Gasteiger partial charge >= 0.3 is 0 Å². The van der Waals surface area contributed by atoms with Crippen molar-refractivity contribution in [1.29, 1.82) is 0 Å². The maximum Gasteiger partial charge on any atom is 0.274 e. The van der Waals surface area contributed by atoms with Gasteiger partial charge in [-0.15, -0.1) is 0 Å². The van der Waals surface area contributed by atoms with Crippen LogP contribution in [0.2, 0.25) is 0 Å². The van der Waals surface area contributed by atoms with Crippen LogP contribution in [-0.4, -0.2) is 52.8 Å². The van der Waals surface area contributed by atoms with E-state index < -0.39 is 17.3 Å². The summed E-state index contributed by atoms with van der Waals surface area (Å²) in [4.78, 5) is 32.0. The Hall–Kier alpha value is -3.81. The highest BCUT2D eigenvalue weighted by atomic mass is 16.5. The third-order valence-corrected chi connectivity index (χ3v) is 5.55. The monoisotopic (exact) mass is 421 g/mol. The van der Waals surface area contributed by atoms with Crippen LogP contribution in [-0.2, 0) is 0 Å². The molecule has 1 unspecified atom stereocenters. The number of hydrogen-bond donors (Lipinski definition) is 1. The van der Waals surface area contributed by atoms with Gasteiger partial charge < -0.3 is 19.5 Å². The standard InChI is InChI=1S/C23H23N3O5/c1-30-17-9-6-10-18(31-2)20(17)26-14-24-21(27)19(23(26)29)22(28)25-12-11-16(13-25)15-7-4-3-5-8-15/h3-10,14,16,27H,11-13H2,1-2H3. The molecule has 1 saturated heterocycles. The molecule has 0 radical (unpaired) electrons. The minimum Gasteiger partial charge on any atom is -0.494 e. The zero-order valence-electron chi connectivity index (χ0n) is 17.3. The van der Waals surface area contributed by atoms with E-state index in [9.17, 15) is 14.7 Å². The predicted octanol–water partition coefficient (Wildman–Crippen LogP) is 2.59. The van der Waals surface area contributed by atoms with Gasteiger partial charge in [0.1, 0.15) is 23.5 Å². The fourth-order valence-electron chi connectivity index (χ4n) is 3.96. The van der Waals surface area contributed by atoms with Crippen LogP contribution < -0.4 is 15.0 Å². The molecular formula is C23H23N3O5. The summed E-state index contributed by atoms with van der Waals surface area (Å²) in [5, 5.41) is 10.3. The van der Waals surface area contributed by atoms with Gasteiger partial charge in [0.2, 0.25) is 5.88 Å². The summed E-state index contributed by atoms with van der Waals surface area (Å²) in [6.07, 6.45) is 1.94. The van der Waals surface area contributed by atoms with Crippen LogP contribution in [0.3, 0.4) is 0 Å². The molecule has 2 aromatic carbocycles. The number of carbonyl (C=O) groups is 1. The SMILES string of the molecule is COc1cccc(OC)c1-n1cnc(O)c(C(=O)N2CCC(c3ccccc3)C2)c1=O. The normalized spacial score (nSPS) is 15.7. The molecule has 8 nitrogen and oxygen atoms in total. The van der Waals surface area contributed by atoms with Crippen molar-refractivity contribution < 1.29 is 19.4 Å². The van der Waals surface area contributed by atoms with Crippen LogP contribution in [0.4, 0.5) is 0 Å². The number of nitrogens with zero attached hydrogens (tertiary/aromatic N) is 3. The first-order chi connectivity index (χ1) is 15.0. The van der Waals surface area contributed by atoms with Crippen LogP contribution in [0, 0.1) is 0 Å². The topological polar surface area (TPSA) is 93.9 Å². The Morgan fingerprint density at radius 1 is 1.06 bits per heavy atom. The number of ether oxygens (including phenoxy) is 2. The molecule has 1 fully saturated rings. The number of likely N-dealkylation sites (tertiary alicyclic amines) is 1. The summed E-state index contributed by atoms with van der Waals surface area (Å²) in [6, 6.07) is 15.0. The summed E-state index contributed by atoms with van der Waals surface area (Å²) in [5.41, 5.74) is 0.389. The second kappa shape index (κ2) is 8.51. The molecule has 0 saturated carbocycles. The molecule has 0 spiro atoms. The van der Waals surface area contributed by atoms with E-state index in [4.69, 9.17) is 9.47 Å². The summed E-state index contributed by atoms with van der Waals surface area (Å²) in [5.74, 6) is -0.212. The van der Waals surface area contributed by atoms with Gasteiger partial charge in [-0.3, -0.25) is 14.2 Å². The Morgan fingerprint density at radius 3 is 2.39 bits per heavy atom. The quantitative estimate of drug-likeness (QED) is 0.681. The maximum atomic E-state index is 13.3. The predicted molar refractivity (Wildman–Crippen MR) is 114 cm³/mol. The lowest BCUT2D eigenvalue weighted by atomic mass is 9.99. The fraction of sp³-hybridized carbons (Fsp3) is 0.261. The lowest BCUT2D eigenvalue weighted by Crippen LogP contribution is -2.35. The van der Waals surface area contributed by atoms with Crippen LogP contribution in [0.15, 0.2) is 59.7 Å². The number of aromatic hydroxyl groups is 1. The van der Waals surface area contributed by atoms with Gasteiger partial charge in [0.25, 0.3) is 11.5 Å². The van der Waals surface area contributed by atoms with Gasteiger partial charge in [0, 0.05) is 19.0 Å². The highest BCUT2D eigenvalue weighted by Gasteiger charge is 2.32. The number of benzene rings is 2. The van der Waals surface area contributed by atoms with Gasteiger partial charge in [0.05, 0.1) is 14.2 Å². The van der Waals surface area contributed by atoms with Gasteiger partial charge in [-0.25, -0.2) is 4.98 Å². The number of carbonyl (C=O) groups excluding carboxylic acids is 1. The van der Waals surface area contributed by atoms with Gasteiger partial charge in [-0.2, -0.15) is 0 Å². The van der Waals surface area contributed by atoms with Crippen LogP contribution in [0.5, 0.6) is 17.4 Å². The molecule has 1 aromatic heterocycles. The van der Waals surface area contributed by atoms with Crippen LogP contribution in [0.25, 0.3) is 5.69 Å². The molecule has 3 aromatic rings. The summed E-state index contributed by atoms with van der Waals surface area (Å²) in [6.45, 7) is 0.957. The van der Waals surface area contributed by atoms with Crippen molar-refractivity contribution in [3.05, 3.63) is 76.3 Å². The summed E-state index contributed by atoms with van der Waals surface area (Å²) in [7, 11) is 2.94. The molecule has 1 N–H and O–H groups in total. The van der Waals surface area contributed by atoms with E-state index in [1.807, 2.05) is 30.3 Å². The van der Waals surface area contributed by atoms with Crippen molar-refractivity contribution in [3.63, 3.8) is 0 Å². The first kappa shape index (κ1) is 20.5. The summed E-state index contributed by atoms with van der Waals surface area (Å²) >= 11 is 0. The smallest absolute Gasteiger partial charge is 0.274 e. The van der Waals surface area contributed by atoms with Crippen molar-refractivity contribution in [2.75, 3.05) is 27.3 Å². The van der Waals surface area contributed by atoms with E-state index in [1.54, 1.807) is 23.1 Å². The zero-order valence-corrected chi connectivity index (χ0v) is 17.3. The molecule has 4 rings (SSSR count). The van der Waals surface area contributed by atoms with E-state index in [0.717, 1.165) is 22.9 Å². The lowest BCUT2D eigenvalue weighted by Gasteiger charge is -2.19. The first-order valence-electron chi connectivity index (χ1n) is 9.91. The molecule has 8 heteroatoms. The fourth-order valence-corrected chi connectivity index (χ4v) is 3.96. The number of amides is 1. The number of para-hydroxylation sites is 1. The van der Waals surface area contributed by atoms with Crippen LogP contribution in [0.1, 0.15) is 28.3 Å². The molecule has 1 atom stereocenters. The Balaban J connectivity index is 1.71. The van der Waals surface area contributed by atoms with Crippen molar-refractivity contribution >= 4 is 5.91 Å². The Morgan fingerprint density at radius 2 is 1.74 bits per heavy atom. The van der Waals surface area contributed by atoms with E-state index in [0.29, 0.717) is 30.3 Å². The van der Waals surface area contributed by atoms with Crippen LogP contribution >= 0.6 is 0 Å². The van der Waals surface area contributed by atoms with E-state index in [2.05, 4.69) is 4.98 Å². The second-order valence-electron chi connectivity index (χ2n) is 7.28. The van der Waals surface area contributed by atoms with Crippen molar-refractivity contribution in [2.45, 2.75) is 12.3 Å². The molecular weight excluding hydrogens is 398 g/mol. The highest BCUT2D eigenvalue weighted by molar-refractivity contribution is 5.96. The largest absolute Gasteiger partial charge is 0.494 e. The number of rotatable bonds is 5. The molecule has 160 valence electrons. The first-order valence-corrected chi connectivity index (χ1v) is 9.91. The average molecular weight is 421 g/mol. The van der Waals surface area contributed by atoms with E-state index in [-0.39, 0.29) is 11.5 Å². The second-order valence-corrected chi connectivity index (χ2v) is 7.28. The minimum atomic E-state index is -0.691. The third-order valence-electron chi connectivity index (χ3n) is 5.55. The van der Waals surface area contributed by atoms with Crippen molar-refractivity contribution in [1.82, 2.24) is 14.5 Å². The van der Waals surface area contributed by atoms with Gasteiger partial charge in [-0.05, 0) is 24.1 Å². The number of hydrogen-bond acceptors (Lipinski definition) is 6. The van der Waals surface area contributed by atoms with Crippen molar-refractivity contribution in [3.8, 4) is 23.1 Å². The van der Waals surface area contributed by atoms with E-state index >= 15 is 0 Å².